The van der Waals surface area contributed by atoms with Crippen molar-refractivity contribution in [2.45, 2.75) is 64.6 Å². The number of carbonyl (C=O) groups excluding carboxylic acids is 2. The van der Waals surface area contributed by atoms with Crippen molar-refractivity contribution in [3.8, 4) is 0 Å². The van der Waals surface area contributed by atoms with Crippen molar-refractivity contribution in [1.82, 2.24) is 10.2 Å². The summed E-state index contributed by atoms with van der Waals surface area (Å²) in [5.74, 6) is -0.797. The highest BCUT2D eigenvalue weighted by atomic mass is 32.2. The van der Waals surface area contributed by atoms with Crippen LogP contribution in [0.15, 0.2) is 83.8 Å². The van der Waals surface area contributed by atoms with Gasteiger partial charge in [0, 0.05) is 12.1 Å². The summed E-state index contributed by atoms with van der Waals surface area (Å²) in [7, 11) is -4.06. The SMILES string of the molecule is Cc1ccc(N(CC(=O)N(Cc2cccc(C)c2)C(C)C(=O)NC(C)(C)C)S(=O)(=O)c2ccccc2)cc1. The third-order valence-corrected chi connectivity index (χ3v) is 7.82. The topological polar surface area (TPSA) is 86.8 Å². The van der Waals surface area contributed by atoms with E-state index in [-0.39, 0.29) is 17.3 Å². The number of nitrogens with one attached hydrogen (secondary N) is 1. The molecule has 7 nitrogen and oxygen atoms in total. The van der Waals surface area contributed by atoms with Gasteiger partial charge in [-0.2, -0.15) is 0 Å². The number of hydrogen-bond donors (Lipinski definition) is 1. The molecule has 1 N–H and O–H groups in total. The number of carbonyl (C=O) groups is 2. The summed E-state index contributed by atoms with van der Waals surface area (Å²) >= 11 is 0. The standard InChI is InChI=1S/C30H37N3O4S/c1-22-15-17-26(18-16-22)33(38(36,37)27-13-8-7-9-14-27)21-28(34)32(20-25-12-10-11-23(2)19-25)24(3)29(35)31-30(4,5)6/h7-19,24H,20-21H2,1-6H3,(H,31,35). The maximum absolute atomic E-state index is 13.9. The van der Waals surface area contributed by atoms with Gasteiger partial charge in [-0.15, -0.1) is 0 Å². The first-order valence-corrected chi connectivity index (χ1v) is 14.0. The number of anilines is 1. The average molecular weight is 536 g/mol. The van der Waals surface area contributed by atoms with Gasteiger partial charge in [0.05, 0.1) is 10.6 Å². The van der Waals surface area contributed by atoms with Gasteiger partial charge in [-0.3, -0.25) is 13.9 Å². The average Bonchev–Trinajstić information content (AvgIpc) is 2.85. The highest BCUT2D eigenvalue weighted by Crippen LogP contribution is 2.25. The Labute approximate surface area is 226 Å². The van der Waals surface area contributed by atoms with E-state index in [1.807, 2.05) is 58.9 Å². The molecule has 0 radical (unpaired) electrons. The molecule has 1 atom stereocenters. The van der Waals surface area contributed by atoms with E-state index >= 15 is 0 Å². The summed E-state index contributed by atoms with van der Waals surface area (Å²) in [4.78, 5) is 28.6. The van der Waals surface area contributed by atoms with Gasteiger partial charge in [-0.1, -0.05) is 65.7 Å². The van der Waals surface area contributed by atoms with Crippen LogP contribution >= 0.6 is 0 Å². The fraction of sp³-hybridized carbons (Fsp3) is 0.333. The summed E-state index contributed by atoms with van der Waals surface area (Å²) in [5.41, 5.74) is 2.71. The number of sulfonamides is 1. The number of aryl methyl sites for hydroxylation is 2. The predicted molar refractivity (Wildman–Crippen MR) is 151 cm³/mol. The lowest BCUT2D eigenvalue weighted by Gasteiger charge is -2.33. The van der Waals surface area contributed by atoms with Gasteiger partial charge in [0.25, 0.3) is 10.0 Å². The number of rotatable bonds is 9. The molecule has 1 unspecified atom stereocenters. The second-order valence-electron chi connectivity index (χ2n) is 10.6. The van der Waals surface area contributed by atoms with Crippen molar-refractivity contribution in [1.29, 1.82) is 0 Å². The Morgan fingerprint density at radius 2 is 1.50 bits per heavy atom. The van der Waals surface area contributed by atoms with Gasteiger partial charge in [0.1, 0.15) is 12.6 Å². The Morgan fingerprint density at radius 1 is 0.868 bits per heavy atom. The molecule has 3 aromatic carbocycles. The van der Waals surface area contributed by atoms with Crippen LogP contribution in [0.1, 0.15) is 44.4 Å². The van der Waals surface area contributed by atoms with Gasteiger partial charge in [0.15, 0.2) is 0 Å². The maximum Gasteiger partial charge on any atom is 0.264 e. The lowest BCUT2D eigenvalue weighted by atomic mass is 10.1. The van der Waals surface area contributed by atoms with E-state index in [9.17, 15) is 18.0 Å². The molecule has 2 amide bonds. The molecule has 0 bridgehead atoms. The van der Waals surface area contributed by atoms with Crippen molar-refractivity contribution in [3.63, 3.8) is 0 Å². The van der Waals surface area contributed by atoms with Crippen molar-refractivity contribution in [2.24, 2.45) is 0 Å². The Hall–Kier alpha value is -3.65. The van der Waals surface area contributed by atoms with E-state index in [1.54, 1.807) is 49.4 Å². The molecule has 0 aliphatic rings. The minimum absolute atomic E-state index is 0.0807. The van der Waals surface area contributed by atoms with Crippen LogP contribution in [0, 0.1) is 13.8 Å². The van der Waals surface area contributed by atoms with E-state index in [4.69, 9.17) is 0 Å². The van der Waals surface area contributed by atoms with Crippen LogP contribution in [0.2, 0.25) is 0 Å². The smallest absolute Gasteiger partial charge is 0.264 e. The van der Waals surface area contributed by atoms with E-state index in [0.717, 1.165) is 21.0 Å². The summed E-state index contributed by atoms with van der Waals surface area (Å²) < 4.78 is 28.6. The molecule has 3 aromatic rings. The van der Waals surface area contributed by atoms with Crippen LogP contribution in [-0.4, -0.2) is 43.3 Å². The Kier molecular flexibility index (Phi) is 8.99. The maximum atomic E-state index is 13.9. The molecule has 202 valence electrons. The molecular formula is C30H37N3O4S. The lowest BCUT2D eigenvalue weighted by molar-refractivity contribution is -0.140. The Bertz CT molecular complexity index is 1360. The summed E-state index contributed by atoms with van der Waals surface area (Å²) in [5, 5.41) is 2.93. The molecule has 0 spiro atoms. The normalized spacial score (nSPS) is 12.5. The molecular weight excluding hydrogens is 498 g/mol. The van der Waals surface area contributed by atoms with Gasteiger partial charge in [-0.25, -0.2) is 8.42 Å². The molecule has 0 aliphatic heterocycles. The van der Waals surface area contributed by atoms with Crippen molar-refractivity contribution in [3.05, 3.63) is 95.6 Å². The monoisotopic (exact) mass is 535 g/mol. The molecule has 38 heavy (non-hydrogen) atoms. The van der Waals surface area contributed by atoms with Crippen LogP contribution in [0.3, 0.4) is 0 Å². The van der Waals surface area contributed by atoms with Crippen molar-refractivity contribution < 1.29 is 18.0 Å². The molecule has 0 aromatic heterocycles. The Morgan fingerprint density at radius 3 is 2.08 bits per heavy atom. The fourth-order valence-corrected chi connectivity index (χ4v) is 5.46. The number of amides is 2. The third kappa shape index (κ3) is 7.44. The van der Waals surface area contributed by atoms with Crippen LogP contribution in [0.4, 0.5) is 5.69 Å². The summed E-state index contributed by atoms with van der Waals surface area (Å²) in [6.07, 6.45) is 0. The minimum atomic E-state index is -4.06. The zero-order valence-electron chi connectivity index (χ0n) is 22.9. The molecule has 3 rings (SSSR count). The molecule has 0 fully saturated rings. The van der Waals surface area contributed by atoms with Crippen molar-refractivity contribution >= 4 is 27.5 Å². The van der Waals surface area contributed by atoms with Crippen LogP contribution in [0.5, 0.6) is 0 Å². The van der Waals surface area contributed by atoms with Crippen LogP contribution in [-0.2, 0) is 26.2 Å². The molecule has 8 heteroatoms. The zero-order valence-corrected chi connectivity index (χ0v) is 23.7. The first-order valence-electron chi connectivity index (χ1n) is 12.6. The van der Waals surface area contributed by atoms with Gasteiger partial charge >= 0.3 is 0 Å². The highest BCUT2D eigenvalue weighted by Gasteiger charge is 2.33. The number of nitrogens with zero attached hydrogens (tertiary/aromatic N) is 2. The number of benzene rings is 3. The van der Waals surface area contributed by atoms with Gasteiger partial charge in [-0.05, 0) is 71.4 Å². The quantitative estimate of drug-likeness (QED) is 0.425. The Balaban J connectivity index is 2.02. The van der Waals surface area contributed by atoms with E-state index < -0.39 is 34.1 Å². The second kappa shape index (κ2) is 11.8. The predicted octanol–water partition coefficient (Wildman–Crippen LogP) is 4.83. The number of hydrogen-bond acceptors (Lipinski definition) is 4. The van der Waals surface area contributed by atoms with Gasteiger partial charge < -0.3 is 10.2 Å². The third-order valence-electron chi connectivity index (χ3n) is 6.03. The molecule has 0 saturated heterocycles. The van der Waals surface area contributed by atoms with Gasteiger partial charge in [0.2, 0.25) is 11.8 Å². The van der Waals surface area contributed by atoms with E-state index in [2.05, 4.69) is 5.32 Å². The fourth-order valence-electron chi connectivity index (χ4n) is 4.02. The first-order chi connectivity index (χ1) is 17.8. The van der Waals surface area contributed by atoms with Crippen molar-refractivity contribution in [2.75, 3.05) is 10.8 Å². The summed E-state index contributed by atoms with van der Waals surface area (Å²) in [6, 6.07) is 21.9. The summed E-state index contributed by atoms with van der Waals surface area (Å²) in [6.45, 7) is 10.8. The molecule has 0 aliphatic carbocycles. The van der Waals surface area contributed by atoms with E-state index in [0.29, 0.717) is 5.69 Å². The lowest BCUT2D eigenvalue weighted by Crippen LogP contribution is -2.54. The first kappa shape index (κ1) is 28.9. The van der Waals surface area contributed by atoms with E-state index in [1.165, 1.54) is 17.0 Å². The molecule has 0 heterocycles. The molecule has 0 saturated carbocycles. The van der Waals surface area contributed by atoms with Crippen LogP contribution in [0.25, 0.3) is 0 Å². The highest BCUT2D eigenvalue weighted by molar-refractivity contribution is 7.92. The second-order valence-corrected chi connectivity index (χ2v) is 12.4. The minimum Gasteiger partial charge on any atom is -0.350 e. The van der Waals surface area contributed by atoms with Crippen LogP contribution < -0.4 is 9.62 Å². The largest absolute Gasteiger partial charge is 0.350 e. The zero-order chi connectivity index (χ0) is 28.1.